The van der Waals surface area contributed by atoms with E-state index in [-0.39, 0.29) is 17.7 Å². The highest BCUT2D eigenvalue weighted by atomic mass is 35.5. The van der Waals surface area contributed by atoms with Crippen LogP contribution in [0.1, 0.15) is 24.0 Å². The van der Waals surface area contributed by atoms with Gasteiger partial charge in [-0.15, -0.1) is 0 Å². The molecule has 0 N–H and O–H groups in total. The fraction of sp³-hybridized carbons (Fsp3) is 0.444. The maximum atomic E-state index is 12.2. The van der Waals surface area contributed by atoms with E-state index in [0.717, 1.165) is 24.0 Å². The minimum Gasteiger partial charge on any atom is -0.349 e. The van der Waals surface area contributed by atoms with Crippen LogP contribution < -0.4 is 0 Å². The van der Waals surface area contributed by atoms with Gasteiger partial charge in [0.1, 0.15) is 0 Å². The van der Waals surface area contributed by atoms with Crippen molar-refractivity contribution < 1.29 is 9.59 Å². The third-order valence-corrected chi connectivity index (χ3v) is 4.62. The van der Waals surface area contributed by atoms with Crippen molar-refractivity contribution in [2.45, 2.75) is 19.8 Å². The Balaban J connectivity index is 1.91. The van der Waals surface area contributed by atoms with Crippen molar-refractivity contribution in [1.82, 2.24) is 9.80 Å². The molecule has 0 bridgehead atoms. The number of carbonyl (C=O) groups is 2. The Labute approximate surface area is 142 Å². The zero-order valence-electron chi connectivity index (χ0n) is 13.9. The molecule has 4 nitrogen and oxygen atoms in total. The van der Waals surface area contributed by atoms with Crippen LogP contribution in [0.4, 0.5) is 0 Å². The maximum absolute atomic E-state index is 12.2. The Morgan fingerprint density at radius 1 is 1.26 bits per heavy atom. The first-order valence-corrected chi connectivity index (χ1v) is 8.20. The zero-order chi connectivity index (χ0) is 17.0. The van der Waals surface area contributed by atoms with Gasteiger partial charge in [-0.3, -0.25) is 9.59 Å². The summed E-state index contributed by atoms with van der Waals surface area (Å²) in [6.45, 7) is 3.20. The fourth-order valence-corrected chi connectivity index (χ4v) is 2.89. The van der Waals surface area contributed by atoms with Gasteiger partial charge in [-0.1, -0.05) is 23.7 Å². The van der Waals surface area contributed by atoms with Crippen molar-refractivity contribution >= 4 is 29.5 Å². The average Bonchev–Trinajstić information content (AvgIpc) is 2.55. The number of halogens is 1. The summed E-state index contributed by atoms with van der Waals surface area (Å²) in [6, 6.07) is 5.72. The Kier molecular flexibility index (Phi) is 5.83. The van der Waals surface area contributed by atoms with Gasteiger partial charge in [0.2, 0.25) is 11.8 Å². The lowest BCUT2D eigenvalue weighted by Gasteiger charge is -2.31. The zero-order valence-corrected chi connectivity index (χ0v) is 14.6. The van der Waals surface area contributed by atoms with Gasteiger partial charge >= 0.3 is 0 Å². The van der Waals surface area contributed by atoms with Crippen LogP contribution in [0.25, 0.3) is 6.08 Å². The van der Waals surface area contributed by atoms with E-state index in [0.29, 0.717) is 18.1 Å². The first-order valence-electron chi connectivity index (χ1n) is 7.83. The summed E-state index contributed by atoms with van der Waals surface area (Å²) in [7, 11) is 3.55. The topological polar surface area (TPSA) is 40.6 Å². The summed E-state index contributed by atoms with van der Waals surface area (Å²) in [6.07, 6.45) is 4.82. The van der Waals surface area contributed by atoms with Crippen LogP contribution in [0.2, 0.25) is 5.02 Å². The molecule has 5 heteroatoms. The lowest BCUT2D eigenvalue weighted by atomic mass is 9.95. The van der Waals surface area contributed by atoms with Gasteiger partial charge in [0.05, 0.1) is 0 Å². The van der Waals surface area contributed by atoms with Crippen LogP contribution in [0.5, 0.6) is 0 Å². The number of benzene rings is 1. The Morgan fingerprint density at radius 2 is 1.91 bits per heavy atom. The summed E-state index contributed by atoms with van der Waals surface area (Å²) in [5.74, 6) is 0.174. The lowest BCUT2D eigenvalue weighted by molar-refractivity contribution is -0.137. The number of amides is 2. The van der Waals surface area contributed by atoms with Crippen LogP contribution in [-0.4, -0.2) is 48.8 Å². The molecule has 1 fully saturated rings. The monoisotopic (exact) mass is 334 g/mol. The first-order chi connectivity index (χ1) is 10.9. The minimum atomic E-state index is -0.0163. The summed E-state index contributed by atoms with van der Waals surface area (Å²) in [5.41, 5.74) is 1.93. The van der Waals surface area contributed by atoms with Crippen molar-refractivity contribution in [2.75, 3.05) is 27.2 Å². The van der Waals surface area contributed by atoms with Gasteiger partial charge in [0.25, 0.3) is 0 Å². The molecule has 0 atom stereocenters. The number of piperidine rings is 1. The van der Waals surface area contributed by atoms with Crippen molar-refractivity contribution in [3.05, 3.63) is 40.4 Å². The molecule has 0 radical (unpaired) electrons. The number of aryl methyl sites for hydroxylation is 1. The lowest BCUT2D eigenvalue weighted by Crippen LogP contribution is -2.42. The molecule has 1 aromatic rings. The molecule has 1 saturated heterocycles. The number of nitrogens with zero attached hydrogens (tertiary/aromatic N) is 2. The van der Waals surface area contributed by atoms with E-state index in [4.69, 9.17) is 11.6 Å². The van der Waals surface area contributed by atoms with E-state index < -0.39 is 0 Å². The molecule has 23 heavy (non-hydrogen) atoms. The predicted molar refractivity (Wildman–Crippen MR) is 93.2 cm³/mol. The molecule has 2 rings (SSSR count). The van der Waals surface area contributed by atoms with E-state index in [1.807, 2.05) is 25.1 Å². The maximum Gasteiger partial charge on any atom is 0.246 e. The molecule has 124 valence electrons. The molecule has 1 heterocycles. The van der Waals surface area contributed by atoms with Gasteiger partial charge in [0, 0.05) is 44.2 Å². The highest BCUT2D eigenvalue weighted by Gasteiger charge is 2.27. The van der Waals surface area contributed by atoms with E-state index >= 15 is 0 Å². The second-order valence-electron chi connectivity index (χ2n) is 6.17. The summed E-state index contributed by atoms with van der Waals surface area (Å²) in [4.78, 5) is 27.6. The molecule has 0 spiro atoms. The van der Waals surface area contributed by atoms with E-state index in [1.54, 1.807) is 36.0 Å². The molecule has 0 saturated carbocycles. The van der Waals surface area contributed by atoms with Crippen molar-refractivity contribution in [3.63, 3.8) is 0 Å². The molecular weight excluding hydrogens is 312 g/mol. The smallest absolute Gasteiger partial charge is 0.246 e. The van der Waals surface area contributed by atoms with Crippen LogP contribution in [-0.2, 0) is 9.59 Å². The second kappa shape index (κ2) is 7.64. The Morgan fingerprint density at radius 3 is 2.48 bits per heavy atom. The largest absolute Gasteiger partial charge is 0.349 e. The molecule has 1 aliphatic heterocycles. The molecule has 0 unspecified atom stereocenters. The molecule has 0 aromatic heterocycles. The Bertz CT molecular complexity index is 617. The number of hydrogen-bond acceptors (Lipinski definition) is 2. The van der Waals surface area contributed by atoms with Gasteiger partial charge in [-0.05, 0) is 43.0 Å². The van der Waals surface area contributed by atoms with Crippen molar-refractivity contribution in [1.29, 1.82) is 0 Å². The van der Waals surface area contributed by atoms with Crippen molar-refractivity contribution in [3.8, 4) is 0 Å². The third kappa shape index (κ3) is 4.58. The van der Waals surface area contributed by atoms with Gasteiger partial charge in [-0.25, -0.2) is 0 Å². The standard InChI is InChI=1S/C18H23ClN2O2/c1-13-4-5-14(12-16(13)19)6-7-17(22)21-10-8-15(9-11-21)18(23)20(2)3/h4-7,12,15H,8-11H2,1-3H3/b7-6+. The summed E-state index contributed by atoms with van der Waals surface area (Å²) < 4.78 is 0. The average molecular weight is 335 g/mol. The van der Waals surface area contributed by atoms with Crippen LogP contribution in [0, 0.1) is 12.8 Å². The highest BCUT2D eigenvalue weighted by molar-refractivity contribution is 6.31. The normalized spacial score (nSPS) is 15.9. The molecular formula is C18H23ClN2O2. The highest BCUT2D eigenvalue weighted by Crippen LogP contribution is 2.20. The number of carbonyl (C=O) groups excluding carboxylic acids is 2. The quantitative estimate of drug-likeness (QED) is 0.797. The molecule has 1 aromatic carbocycles. The predicted octanol–water partition coefficient (Wildman–Crippen LogP) is 2.99. The first kappa shape index (κ1) is 17.5. The van der Waals surface area contributed by atoms with Crippen molar-refractivity contribution in [2.24, 2.45) is 5.92 Å². The van der Waals surface area contributed by atoms with Crippen LogP contribution in [0.3, 0.4) is 0 Å². The number of likely N-dealkylation sites (tertiary alicyclic amines) is 1. The van der Waals surface area contributed by atoms with E-state index in [1.165, 1.54) is 0 Å². The molecule has 1 aliphatic rings. The van der Waals surface area contributed by atoms with Gasteiger partial charge < -0.3 is 9.80 Å². The SMILES string of the molecule is Cc1ccc(/C=C/C(=O)N2CCC(C(=O)N(C)C)CC2)cc1Cl. The summed E-state index contributed by atoms with van der Waals surface area (Å²) in [5, 5.41) is 0.697. The van der Waals surface area contributed by atoms with Gasteiger partial charge in [-0.2, -0.15) is 0 Å². The Hall–Kier alpha value is -1.81. The fourth-order valence-electron chi connectivity index (χ4n) is 2.70. The number of rotatable bonds is 3. The van der Waals surface area contributed by atoms with E-state index in [9.17, 15) is 9.59 Å². The summed E-state index contributed by atoms with van der Waals surface area (Å²) >= 11 is 6.08. The van der Waals surface area contributed by atoms with Gasteiger partial charge in [0.15, 0.2) is 0 Å². The van der Waals surface area contributed by atoms with E-state index in [2.05, 4.69) is 0 Å². The molecule has 0 aliphatic carbocycles. The number of hydrogen-bond donors (Lipinski definition) is 0. The minimum absolute atomic E-state index is 0.0163. The van der Waals surface area contributed by atoms with Crippen LogP contribution in [0.15, 0.2) is 24.3 Å². The third-order valence-electron chi connectivity index (χ3n) is 4.21. The van der Waals surface area contributed by atoms with Crippen LogP contribution >= 0.6 is 11.6 Å². The second-order valence-corrected chi connectivity index (χ2v) is 6.58. The molecule has 2 amide bonds.